The van der Waals surface area contributed by atoms with E-state index < -0.39 is 5.54 Å². The summed E-state index contributed by atoms with van der Waals surface area (Å²) in [7, 11) is 1.97. The van der Waals surface area contributed by atoms with Crippen molar-refractivity contribution in [1.29, 1.82) is 0 Å². The number of aromatic nitrogens is 3. The third-order valence-corrected chi connectivity index (χ3v) is 6.94. The first-order valence-electron chi connectivity index (χ1n) is 10.9. The maximum Gasteiger partial charge on any atom is 0.326 e. The maximum absolute atomic E-state index is 13.6. The molecular weight excluding hydrogens is 380 g/mol. The van der Waals surface area contributed by atoms with Crippen LogP contribution in [-0.2, 0) is 23.8 Å². The standard InChI is InChI=1S/C22H28N6O2/c1-26-14-23-25-19(26)17-9-12-27(13-10-17)15-28-20(29)22(24-21(28)30)11-5-4-7-16-6-2-3-8-18(16)22/h2-3,6,8,14,17H,4-5,7,9-13,15H2,1H3,(H,24,30)/t22-/m1/s1. The number of nitrogens with one attached hydrogen (secondary N) is 1. The largest absolute Gasteiger partial charge is 0.326 e. The molecule has 3 aliphatic rings. The van der Waals surface area contributed by atoms with Crippen LogP contribution in [0.5, 0.6) is 0 Å². The molecule has 2 aliphatic heterocycles. The number of rotatable bonds is 3. The van der Waals surface area contributed by atoms with E-state index in [0.717, 1.165) is 56.6 Å². The molecule has 158 valence electrons. The van der Waals surface area contributed by atoms with Gasteiger partial charge < -0.3 is 9.88 Å². The normalized spacial score (nSPS) is 25.4. The van der Waals surface area contributed by atoms with E-state index in [2.05, 4.69) is 26.5 Å². The number of amides is 3. The van der Waals surface area contributed by atoms with Gasteiger partial charge in [-0.05, 0) is 49.7 Å². The third kappa shape index (κ3) is 3.10. The number of fused-ring (bicyclic) bond motifs is 2. The number of hydrogen-bond acceptors (Lipinski definition) is 5. The topological polar surface area (TPSA) is 83.4 Å². The van der Waals surface area contributed by atoms with Gasteiger partial charge in [0, 0.05) is 26.1 Å². The van der Waals surface area contributed by atoms with Crippen LogP contribution in [0.15, 0.2) is 30.6 Å². The van der Waals surface area contributed by atoms with E-state index in [4.69, 9.17) is 0 Å². The summed E-state index contributed by atoms with van der Waals surface area (Å²) in [5.41, 5.74) is 1.25. The van der Waals surface area contributed by atoms with Gasteiger partial charge in [0.25, 0.3) is 5.91 Å². The minimum atomic E-state index is -0.902. The Labute approximate surface area is 176 Å². The zero-order valence-corrected chi connectivity index (χ0v) is 17.4. The van der Waals surface area contributed by atoms with E-state index in [1.807, 2.05) is 29.8 Å². The van der Waals surface area contributed by atoms with Gasteiger partial charge in [-0.2, -0.15) is 0 Å². The van der Waals surface area contributed by atoms with Gasteiger partial charge in [0.2, 0.25) is 0 Å². The Kier molecular flexibility index (Phi) is 4.81. The molecule has 1 N–H and O–H groups in total. The first kappa shape index (κ1) is 19.2. The van der Waals surface area contributed by atoms with E-state index in [1.54, 1.807) is 6.33 Å². The minimum absolute atomic E-state index is 0.0997. The van der Waals surface area contributed by atoms with Crippen molar-refractivity contribution in [2.75, 3.05) is 19.8 Å². The number of piperidine rings is 1. The second-order valence-electron chi connectivity index (χ2n) is 8.77. The number of likely N-dealkylation sites (tertiary alicyclic amines) is 1. The van der Waals surface area contributed by atoms with Crippen LogP contribution in [0.2, 0.25) is 0 Å². The number of urea groups is 1. The Morgan fingerprint density at radius 2 is 1.97 bits per heavy atom. The minimum Gasteiger partial charge on any atom is -0.320 e. The Morgan fingerprint density at radius 3 is 2.73 bits per heavy atom. The van der Waals surface area contributed by atoms with E-state index in [1.165, 1.54) is 10.5 Å². The summed E-state index contributed by atoms with van der Waals surface area (Å²) in [6, 6.07) is 7.80. The van der Waals surface area contributed by atoms with Crippen molar-refractivity contribution < 1.29 is 9.59 Å². The van der Waals surface area contributed by atoms with Crippen LogP contribution in [-0.4, -0.2) is 56.3 Å². The van der Waals surface area contributed by atoms with Crippen molar-refractivity contribution in [3.63, 3.8) is 0 Å². The molecule has 0 unspecified atom stereocenters. The van der Waals surface area contributed by atoms with Crippen LogP contribution in [0.1, 0.15) is 55.0 Å². The molecule has 2 saturated heterocycles. The molecule has 1 aliphatic carbocycles. The number of nitrogens with zero attached hydrogens (tertiary/aromatic N) is 5. The highest BCUT2D eigenvalue weighted by Crippen LogP contribution is 2.39. The number of imide groups is 1. The summed E-state index contributed by atoms with van der Waals surface area (Å²) >= 11 is 0. The van der Waals surface area contributed by atoms with Crippen molar-refractivity contribution in [3.05, 3.63) is 47.5 Å². The average Bonchev–Trinajstić information content (AvgIpc) is 3.21. The molecule has 1 spiro atoms. The molecule has 2 aromatic rings. The van der Waals surface area contributed by atoms with E-state index >= 15 is 0 Å². The van der Waals surface area contributed by atoms with Gasteiger partial charge in [-0.15, -0.1) is 10.2 Å². The first-order chi connectivity index (χ1) is 14.6. The molecule has 1 atom stereocenters. The molecule has 3 heterocycles. The fraction of sp³-hybridized carbons (Fsp3) is 0.545. The number of carbonyl (C=O) groups is 2. The molecule has 0 radical (unpaired) electrons. The summed E-state index contributed by atoms with van der Waals surface area (Å²) in [6.45, 7) is 2.01. The van der Waals surface area contributed by atoms with Crippen LogP contribution in [0.4, 0.5) is 4.79 Å². The Bertz CT molecular complexity index is 964. The van der Waals surface area contributed by atoms with Crippen molar-refractivity contribution in [1.82, 2.24) is 29.9 Å². The molecule has 8 nitrogen and oxygen atoms in total. The SMILES string of the molecule is Cn1cnnc1C1CCN(CN2C(=O)N[C@@]3(CCCCc4ccccc43)C2=O)CC1. The molecule has 0 saturated carbocycles. The Hall–Kier alpha value is -2.74. The maximum atomic E-state index is 13.6. The van der Waals surface area contributed by atoms with E-state index in [-0.39, 0.29) is 11.9 Å². The summed E-state index contributed by atoms with van der Waals surface area (Å²) in [5, 5.41) is 11.3. The molecule has 1 aromatic heterocycles. The number of benzene rings is 1. The summed E-state index contributed by atoms with van der Waals surface area (Å²) in [6.07, 6.45) is 7.22. The van der Waals surface area contributed by atoms with Gasteiger partial charge in [0.1, 0.15) is 17.7 Å². The lowest BCUT2D eigenvalue weighted by atomic mass is 9.84. The quantitative estimate of drug-likeness (QED) is 0.787. The van der Waals surface area contributed by atoms with Crippen LogP contribution in [0.25, 0.3) is 0 Å². The van der Waals surface area contributed by atoms with Crippen LogP contribution >= 0.6 is 0 Å². The molecule has 5 rings (SSSR count). The van der Waals surface area contributed by atoms with Gasteiger partial charge in [0.05, 0.1) is 6.67 Å². The van der Waals surface area contributed by atoms with Gasteiger partial charge in [-0.25, -0.2) is 9.69 Å². The molecular formula is C22H28N6O2. The molecule has 0 bridgehead atoms. The Balaban J connectivity index is 1.31. The molecule has 1 aromatic carbocycles. The van der Waals surface area contributed by atoms with Crippen LogP contribution in [0.3, 0.4) is 0 Å². The zero-order valence-electron chi connectivity index (χ0n) is 17.4. The van der Waals surface area contributed by atoms with E-state index in [9.17, 15) is 9.59 Å². The lowest BCUT2D eigenvalue weighted by Gasteiger charge is -2.33. The van der Waals surface area contributed by atoms with Gasteiger partial charge in [-0.3, -0.25) is 9.69 Å². The Morgan fingerprint density at radius 1 is 1.17 bits per heavy atom. The van der Waals surface area contributed by atoms with Crippen molar-refractivity contribution >= 4 is 11.9 Å². The van der Waals surface area contributed by atoms with Crippen LogP contribution in [0, 0.1) is 0 Å². The molecule has 3 amide bonds. The highest BCUT2D eigenvalue weighted by Gasteiger charge is 2.53. The van der Waals surface area contributed by atoms with E-state index in [0.29, 0.717) is 19.0 Å². The lowest BCUT2D eigenvalue weighted by Crippen LogP contribution is -2.47. The summed E-state index contributed by atoms with van der Waals surface area (Å²) < 4.78 is 1.98. The predicted octanol–water partition coefficient (Wildman–Crippen LogP) is 2.13. The number of carbonyl (C=O) groups excluding carboxylic acids is 2. The second-order valence-corrected chi connectivity index (χ2v) is 8.77. The van der Waals surface area contributed by atoms with Gasteiger partial charge >= 0.3 is 6.03 Å². The van der Waals surface area contributed by atoms with Gasteiger partial charge in [-0.1, -0.05) is 24.3 Å². The van der Waals surface area contributed by atoms with Gasteiger partial charge in [0.15, 0.2) is 0 Å². The monoisotopic (exact) mass is 408 g/mol. The fourth-order valence-electron chi connectivity index (χ4n) is 5.30. The molecule has 30 heavy (non-hydrogen) atoms. The zero-order chi connectivity index (χ0) is 20.7. The highest BCUT2D eigenvalue weighted by molar-refractivity contribution is 6.07. The smallest absolute Gasteiger partial charge is 0.320 e. The fourth-order valence-corrected chi connectivity index (χ4v) is 5.30. The average molecular weight is 409 g/mol. The van der Waals surface area contributed by atoms with Crippen molar-refractivity contribution in [2.45, 2.75) is 50.0 Å². The third-order valence-electron chi connectivity index (χ3n) is 6.94. The molecule has 8 heteroatoms. The lowest BCUT2D eigenvalue weighted by molar-refractivity contribution is -0.133. The number of hydrogen-bond donors (Lipinski definition) is 1. The summed E-state index contributed by atoms with van der Waals surface area (Å²) in [5.74, 6) is 1.29. The first-order valence-corrected chi connectivity index (χ1v) is 10.9. The van der Waals surface area contributed by atoms with Crippen molar-refractivity contribution in [2.24, 2.45) is 7.05 Å². The highest BCUT2D eigenvalue weighted by atomic mass is 16.2. The number of aryl methyl sites for hydroxylation is 2. The second kappa shape index (κ2) is 7.50. The van der Waals surface area contributed by atoms with Crippen LogP contribution < -0.4 is 5.32 Å². The molecule has 2 fully saturated rings. The van der Waals surface area contributed by atoms with Crippen molar-refractivity contribution in [3.8, 4) is 0 Å². The summed E-state index contributed by atoms with van der Waals surface area (Å²) in [4.78, 5) is 30.1. The predicted molar refractivity (Wildman–Crippen MR) is 110 cm³/mol.